The molecule has 0 bridgehead atoms. The molecule has 3 amide bonds. The number of anilines is 1. The van der Waals surface area contributed by atoms with Crippen LogP contribution in [0.2, 0.25) is 0 Å². The summed E-state index contributed by atoms with van der Waals surface area (Å²) in [4.78, 5) is 25.9. The van der Waals surface area contributed by atoms with Gasteiger partial charge in [0.15, 0.2) is 0 Å². The Kier molecular flexibility index (Phi) is 4.77. The van der Waals surface area contributed by atoms with E-state index in [4.69, 9.17) is 0 Å². The van der Waals surface area contributed by atoms with Gasteiger partial charge in [-0.15, -0.1) is 0 Å². The van der Waals surface area contributed by atoms with Crippen molar-refractivity contribution in [3.05, 3.63) is 30.1 Å². The smallest absolute Gasteiger partial charge is 0.322 e. The quantitative estimate of drug-likeness (QED) is 0.898. The van der Waals surface area contributed by atoms with Gasteiger partial charge in [-0.2, -0.15) is 0 Å². The summed E-state index contributed by atoms with van der Waals surface area (Å²) in [6, 6.07) is 4.82. The van der Waals surface area contributed by atoms with Gasteiger partial charge in [0.05, 0.1) is 0 Å². The normalized spacial score (nSPS) is 17.9. The van der Waals surface area contributed by atoms with Crippen LogP contribution in [0.4, 0.5) is 14.9 Å². The lowest BCUT2D eigenvalue weighted by atomic mass is 10.2. The van der Waals surface area contributed by atoms with E-state index in [1.165, 1.54) is 29.2 Å². The minimum Gasteiger partial charge on any atom is -0.352 e. The summed E-state index contributed by atoms with van der Waals surface area (Å²) in [7, 11) is 0. The molecule has 1 heterocycles. The van der Waals surface area contributed by atoms with Crippen LogP contribution in [0.15, 0.2) is 24.3 Å². The highest BCUT2D eigenvalue weighted by atomic mass is 19.1. The number of carbonyl (C=O) groups is 2. The number of benzene rings is 1. The van der Waals surface area contributed by atoms with E-state index in [0.717, 1.165) is 6.42 Å². The molecule has 0 aromatic heterocycles. The number of hydrogen-bond acceptors (Lipinski definition) is 2. The van der Waals surface area contributed by atoms with Gasteiger partial charge in [0.1, 0.15) is 11.9 Å². The van der Waals surface area contributed by atoms with Crippen LogP contribution in [-0.2, 0) is 4.79 Å². The average Bonchev–Trinajstić information content (AvgIpc) is 2.90. The molecular weight excluding hydrogens is 273 g/mol. The molecule has 5 nitrogen and oxygen atoms in total. The standard InChI is InChI=1S/C15H20FN3O2/c1-10(2)17-14(20)13-4-3-9-19(13)15(21)18-12-7-5-11(16)6-8-12/h5-8,10,13H,3-4,9H2,1-2H3,(H,17,20)(H,18,21)/t13-/m0/s1. The Morgan fingerprint density at radius 3 is 2.57 bits per heavy atom. The summed E-state index contributed by atoms with van der Waals surface area (Å²) >= 11 is 0. The Labute approximate surface area is 123 Å². The van der Waals surface area contributed by atoms with Crippen molar-refractivity contribution in [2.24, 2.45) is 0 Å². The van der Waals surface area contributed by atoms with Gasteiger partial charge in [-0.25, -0.2) is 9.18 Å². The third-order valence-electron chi connectivity index (χ3n) is 3.34. The molecule has 0 spiro atoms. The van der Waals surface area contributed by atoms with Gasteiger partial charge in [0.25, 0.3) is 0 Å². The van der Waals surface area contributed by atoms with Gasteiger partial charge < -0.3 is 15.5 Å². The molecule has 114 valence electrons. The van der Waals surface area contributed by atoms with E-state index in [9.17, 15) is 14.0 Å². The second-order valence-corrected chi connectivity index (χ2v) is 5.45. The van der Waals surface area contributed by atoms with E-state index in [2.05, 4.69) is 10.6 Å². The number of rotatable bonds is 3. The second kappa shape index (κ2) is 6.56. The number of nitrogens with zero attached hydrogens (tertiary/aromatic N) is 1. The maximum atomic E-state index is 12.8. The molecule has 1 atom stereocenters. The molecule has 1 fully saturated rings. The molecule has 0 saturated carbocycles. The van der Waals surface area contributed by atoms with Gasteiger partial charge in [0.2, 0.25) is 5.91 Å². The van der Waals surface area contributed by atoms with Crippen LogP contribution in [0.5, 0.6) is 0 Å². The molecule has 2 N–H and O–H groups in total. The molecule has 0 aliphatic carbocycles. The molecule has 0 unspecified atom stereocenters. The van der Waals surface area contributed by atoms with Crippen molar-refractivity contribution in [2.75, 3.05) is 11.9 Å². The summed E-state index contributed by atoms with van der Waals surface area (Å²) < 4.78 is 12.8. The first-order valence-electron chi connectivity index (χ1n) is 7.11. The molecule has 6 heteroatoms. The maximum absolute atomic E-state index is 12.8. The van der Waals surface area contributed by atoms with Crippen molar-refractivity contribution in [3.63, 3.8) is 0 Å². The number of urea groups is 1. The Morgan fingerprint density at radius 1 is 1.29 bits per heavy atom. The predicted molar refractivity (Wildman–Crippen MR) is 78.4 cm³/mol. The van der Waals surface area contributed by atoms with Crippen molar-refractivity contribution in [1.29, 1.82) is 0 Å². The van der Waals surface area contributed by atoms with Gasteiger partial charge in [0, 0.05) is 18.3 Å². The number of likely N-dealkylation sites (tertiary alicyclic amines) is 1. The van der Waals surface area contributed by atoms with Crippen LogP contribution < -0.4 is 10.6 Å². The second-order valence-electron chi connectivity index (χ2n) is 5.45. The van der Waals surface area contributed by atoms with Gasteiger partial charge in [-0.1, -0.05) is 0 Å². The molecule has 1 aliphatic heterocycles. The minimum atomic E-state index is -0.437. The summed E-state index contributed by atoms with van der Waals surface area (Å²) in [6.45, 7) is 4.31. The summed E-state index contributed by atoms with van der Waals surface area (Å²) in [5.74, 6) is -0.486. The lowest BCUT2D eigenvalue weighted by molar-refractivity contribution is -0.125. The Hall–Kier alpha value is -2.11. The first kappa shape index (κ1) is 15.3. The molecule has 1 aliphatic rings. The highest BCUT2D eigenvalue weighted by molar-refractivity contribution is 5.94. The van der Waals surface area contributed by atoms with Crippen LogP contribution in [-0.4, -0.2) is 35.5 Å². The van der Waals surface area contributed by atoms with Crippen molar-refractivity contribution in [1.82, 2.24) is 10.2 Å². The fraction of sp³-hybridized carbons (Fsp3) is 0.467. The summed E-state index contributed by atoms with van der Waals surface area (Å²) in [5.41, 5.74) is 0.510. The molecule has 21 heavy (non-hydrogen) atoms. The monoisotopic (exact) mass is 293 g/mol. The van der Waals surface area contributed by atoms with Crippen molar-refractivity contribution in [3.8, 4) is 0 Å². The van der Waals surface area contributed by atoms with Crippen LogP contribution in [0.1, 0.15) is 26.7 Å². The third-order valence-corrected chi connectivity index (χ3v) is 3.34. The SMILES string of the molecule is CC(C)NC(=O)[C@@H]1CCCN1C(=O)Nc1ccc(F)cc1. The van der Waals surface area contributed by atoms with Gasteiger partial charge in [-0.3, -0.25) is 4.79 Å². The van der Waals surface area contributed by atoms with Gasteiger partial charge >= 0.3 is 6.03 Å². The van der Waals surface area contributed by atoms with E-state index in [-0.39, 0.29) is 23.8 Å². The minimum absolute atomic E-state index is 0.0418. The largest absolute Gasteiger partial charge is 0.352 e. The van der Waals surface area contributed by atoms with E-state index in [1.807, 2.05) is 13.8 Å². The van der Waals surface area contributed by atoms with Crippen molar-refractivity contribution >= 4 is 17.6 Å². The Bertz CT molecular complexity index is 516. The summed E-state index contributed by atoms with van der Waals surface area (Å²) in [6.07, 6.45) is 1.46. The molecule has 1 saturated heterocycles. The molecule has 2 rings (SSSR count). The lowest BCUT2D eigenvalue weighted by Gasteiger charge is -2.25. The number of carbonyl (C=O) groups excluding carboxylic acids is 2. The van der Waals surface area contributed by atoms with Crippen LogP contribution >= 0.6 is 0 Å². The number of amides is 3. The zero-order valence-electron chi connectivity index (χ0n) is 12.2. The van der Waals surface area contributed by atoms with E-state index in [1.54, 1.807) is 0 Å². The first-order chi connectivity index (χ1) is 9.97. The average molecular weight is 293 g/mol. The molecule has 1 aromatic rings. The predicted octanol–water partition coefficient (Wildman–Crippen LogP) is 2.35. The molecular formula is C15H20FN3O2. The third kappa shape index (κ3) is 3.93. The Balaban J connectivity index is 2.00. The highest BCUT2D eigenvalue weighted by Crippen LogP contribution is 2.19. The van der Waals surface area contributed by atoms with Crippen LogP contribution in [0.25, 0.3) is 0 Å². The zero-order chi connectivity index (χ0) is 15.4. The topological polar surface area (TPSA) is 61.4 Å². The van der Waals surface area contributed by atoms with E-state index >= 15 is 0 Å². The van der Waals surface area contributed by atoms with E-state index < -0.39 is 6.04 Å². The van der Waals surface area contributed by atoms with Gasteiger partial charge in [-0.05, 0) is 51.0 Å². The molecule has 0 radical (unpaired) electrons. The van der Waals surface area contributed by atoms with Crippen molar-refractivity contribution in [2.45, 2.75) is 38.8 Å². The first-order valence-corrected chi connectivity index (χ1v) is 7.11. The highest BCUT2D eigenvalue weighted by Gasteiger charge is 2.34. The Morgan fingerprint density at radius 2 is 1.95 bits per heavy atom. The van der Waals surface area contributed by atoms with Crippen LogP contribution in [0, 0.1) is 5.82 Å². The number of nitrogens with one attached hydrogen (secondary N) is 2. The van der Waals surface area contributed by atoms with E-state index in [0.29, 0.717) is 18.7 Å². The number of hydrogen-bond donors (Lipinski definition) is 2. The maximum Gasteiger partial charge on any atom is 0.322 e. The fourth-order valence-corrected chi connectivity index (χ4v) is 2.39. The van der Waals surface area contributed by atoms with Crippen molar-refractivity contribution < 1.29 is 14.0 Å². The fourth-order valence-electron chi connectivity index (χ4n) is 2.39. The number of halogens is 1. The lowest BCUT2D eigenvalue weighted by Crippen LogP contribution is -2.48. The molecule has 1 aromatic carbocycles. The zero-order valence-corrected chi connectivity index (χ0v) is 12.2. The summed E-state index contributed by atoms with van der Waals surface area (Å²) in [5, 5.41) is 5.52. The van der Waals surface area contributed by atoms with Crippen LogP contribution in [0.3, 0.4) is 0 Å².